The maximum absolute atomic E-state index is 13.4. The second kappa shape index (κ2) is 5.38. The van der Waals surface area contributed by atoms with Gasteiger partial charge in [0.05, 0.1) is 10.2 Å². The van der Waals surface area contributed by atoms with E-state index in [1.54, 1.807) is 30.3 Å². The smallest absolute Gasteiger partial charge is 0.433 e. The molecule has 0 radical (unpaired) electrons. The largest absolute Gasteiger partial charge is 0.506 e. The number of hydrogen-bond donors (Lipinski definition) is 1. The molecule has 0 unspecified atom stereocenters. The molecule has 0 amide bonds. The molecule has 0 spiro atoms. The van der Waals surface area contributed by atoms with Gasteiger partial charge >= 0.3 is 6.18 Å². The van der Waals surface area contributed by atoms with Crippen LogP contribution in [0, 0.1) is 0 Å². The van der Waals surface area contributed by atoms with Gasteiger partial charge in [-0.2, -0.15) is 18.3 Å². The van der Waals surface area contributed by atoms with E-state index >= 15 is 0 Å². The minimum absolute atomic E-state index is 0.0520. The van der Waals surface area contributed by atoms with Crippen LogP contribution in [0.1, 0.15) is 11.4 Å². The Morgan fingerprint density at radius 1 is 1.22 bits per heavy atom. The topological polar surface area (TPSA) is 50.4 Å². The summed E-state index contributed by atoms with van der Waals surface area (Å²) in [7, 11) is 0. The summed E-state index contributed by atoms with van der Waals surface area (Å²) >= 11 is 3.13. The first kappa shape index (κ1) is 15.5. The Morgan fingerprint density at radius 3 is 2.43 bits per heavy atom. The van der Waals surface area contributed by atoms with Gasteiger partial charge < -0.3 is 5.11 Å². The van der Waals surface area contributed by atoms with Crippen molar-refractivity contribution in [2.45, 2.75) is 6.18 Å². The van der Waals surface area contributed by atoms with Crippen molar-refractivity contribution in [3.8, 4) is 11.3 Å². The lowest BCUT2D eigenvalue weighted by molar-refractivity contribution is -0.142. The molecular formula is C15H9BrF3N3O. The number of halogens is 4. The number of aliphatic hydroxyl groups is 1. The fraction of sp³-hybridized carbons (Fsp3) is 0.0667. The molecule has 4 nitrogen and oxygen atoms in total. The van der Waals surface area contributed by atoms with Gasteiger partial charge in [-0.25, -0.2) is 9.50 Å². The highest BCUT2D eigenvalue weighted by Gasteiger charge is 2.36. The first-order chi connectivity index (χ1) is 10.8. The number of fused-ring (bicyclic) bond motifs is 1. The van der Waals surface area contributed by atoms with E-state index in [9.17, 15) is 18.3 Å². The molecule has 1 aromatic carbocycles. The van der Waals surface area contributed by atoms with Crippen LogP contribution in [0.25, 0.3) is 22.7 Å². The van der Waals surface area contributed by atoms with Crippen molar-refractivity contribution < 1.29 is 18.3 Å². The lowest BCUT2D eigenvalue weighted by Crippen LogP contribution is -2.13. The highest BCUT2D eigenvalue weighted by Crippen LogP contribution is 2.35. The Bertz CT molecular complexity index is 904. The second-order valence-corrected chi connectivity index (χ2v) is 5.53. The Kier molecular flexibility index (Phi) is 3.63. The molecule has 3 aromatic rings. The van der Waals surface area contributed by atoms with Crippen molar-refractivity contribution in [2.24, 2.45) is 0 Å². The molecule has 3 rings (SSSR count). The summed E-state index contributed by atoms with van der Waals surface area (Å²) in [4.78, 5) is 4.22. The number of aliphatic hydroxyl groups excluding tert-OH is 1. The van der Waals surface area contributed by atoms with E-state index in [0.717, 1.165) is 6.07 Å². The normalized spacial score (nSPS) is 11.8. The number of hydrogen-bond acceptors (Lipinski definition) is 3. The zero-order valence-electron chi connectivity index (χ0n) is 11.5. The molecule has 118 valence electrons. The molecule has 0 aliphatic heterocycles. The Morgan fingerprint density at radius 2 is 1.87 bits per heavy atom. The van der Waals surface area contributed by atoms with Crippen LogP contribution in [0.4, 0.5) is 13.2 Å². The lowest BCUT2D eigenvalue weighted by Gasteiger charge is -2.11. The molecule has 1 N–H and O–H groups in total. The van der Waals surface area contributed by atoms with Gasteiger partial charge in [0.2, 0.25) is 0 Å². The maximum Gasteiger partial charge on any atom is 0.433 e. The van der Waals surface area contributed by atoms with Gasteiger partial charge in [-0.05, 0) is 22.0 Å². The van der Waals surface area contributed by atoms with Crippen LogP contribution < -0.4 is 0 Å². The molecule has 2 heterocycles. The summed E-state index contributed by atoms with van der Waals surface area (Å²) in [5, 5.41) is 13.2. The van der Waals surface area contributed by atoms with Crippen molar-refractivity contribution in [1.29, 1.82) is 0 Å². The fourth-order valence-electron chi connectivity index (χ4n) is 2.13. The summed E-state index contributed by atoms with van der Waals surface area (Å²) in [6, 6.07) is 9.42. The number of alkyl halides is 3. The lowest BCUT2D eigenvalue weighted by atomic mass is 10.1. The van der Waals surface area contributed by atoms with Crippen molar-refractivity contribution >= 4 is 27.3 Å². The number of nitrogens with zero attached hydrogens (tertiary/aromatic N) is 3. The van der Waals surface area contributed by atoms with E-state index in [1.807, 2.05) is 0 Å². The number of aromatic nitrogens is 3. The first-order valence-electron chi connectivity index (χ1n) is 6.39. The third-order valence-electron chi connectivity index (χ3n) is 3.17. The average molecular weight is 384 g/mol. The van der Waals surface area contributed by atoms with Gasteiger partial charge in [0.25, 0.3) is 0 Å². The molecule has 0 aliphatic carbocycles. The van der Waals surface area contributed by atoms with Crippen LogP contribution in [0.5, 0.6) is 0 Å². The Balaban J connectivity index is 2.38. The quantitative estimate of drug-likeness (QED) is 0.652. The van der Waals surface area contributed by atoms with Crippen LogP contribution in [-0.4, -0.2) is 19.7 Å². The molecule has 0 aliphatic rings. The van der Waals surface area contributed by atoms with Crippen molar-refractivity contribution in [3.05, 3.63) is 58.8 Å². The third-order valence-corrected chi connectivity index (χ3v) is 3.90. The van der Waals surface area contributed by atoms with Gasteiger partial charge in [0.1, 0.15) is 11.5 Å². The van der Waals surface area contributed by atoms with Crippen LogP contribution >= 0.6 is 15.9 Å². The predicted molar refractivity (Wildman–Crippen MR) is 82.8 cm³/mol. The average Bonchev–Trinajstić information content (AvgIpc) is 2.84. The number of rotatable bonds is 2. The SMILES string of the molecule is C=C(O)c1nn2c(C(F)(F)F)cc(-c3ccccc3)nc2c1Br. The summed E-state index contributed by atoms with van der Waals surface area (Å²) in [6.07, 6.45) is -4.63. The first-order valence-corrected chi connectivity index (χ1v) is 7.18. The van der Waals surface area contributed by atoms with Gasteiger partial charge in [-0.1, -0.05) is 36.9 Å². The maximum atomic E-state index is 13.4. The fourth-order valence-corrected chi connectivity index (χ4v) is 2.70. The molecule has 0 saturated carbocycles. The van der Waals surface area contributed by atoms with Gasteiger partial charge in [0.15, 0.2) is 11.3 Å². The highest BCUT2D eigenvalue weighted by molar-refractivity contribution is 9.10. The Hall–Kier alpha value is -2.35. The standard InChI is InChI=1S/C15H9BrF3N3O/c1-8(23)13-12(16)14-20-10(9-5-3-2-4-6-9)7-11(15(17,18)19)22(14)21-13/h2-7,23H,1H2. The minimum atomic E-state index is -4.63. The van der Waals surface area contributed by atoms with Crippen LogP contribution in [0.2, 0.25) is 0 Å². The van der Waals surface area contributed by atoms with Crippen molar-refractivity contribution in [1.82, 2.24) is 14.6 Å². The minimum Gasteiger partial charge on any atom is -0.506 e. The van der Waals surface area contributed by atoms with E-state index in [1.165, 1.54) is 0 Å². The predicted octanol–water partition coefficient (Wildman–Crippen LogP) is 4.71. The zero-order chi connectivity index (χ0) is 16.8. The highest BCUT2D eigenvalue weighted by atomic mass is 79.9. The van der Waals surface area contributed by atoms with Gasteiger partial charge in [0, 0.05) is 5.56 Å². The number of benzene rings is 1. The molecule has 8 heteroatoms. The van der Waals surface area contributed by atoms with Gasteiger partial charge in [-0.15, -0.1) is 0 Å². The molecule has 0 atom stereocenters. The summed E-state index contributed by atoms with van der Waals surface area (Å²) in [5.74, 6) is -0.447. The Labute approximate surface area is 137 Å². The third kappa shape index (κ3) is 2.70. The van der Waals surface area contributed by atoms with E-state index < -0.39 is 17.6 Å². The summed E-state index contributed by atoms with van der Waals surface area (Å²) in [5.41, 5.74) is -0.439. The van der Waals surface area contributed by atoms with Crippen molar-refractivity contribution in [3.63, 3.8) is 0 Å². The van der Waals surface area contributed by atoms with Crippen LogP contribution in [0.3, 0.4) is 0 Å². The second-order valence-electron chi connectivity index (χ2n) is 4.74. The van der Waals surface area contributed by atoms with Crippen LogP contribution in [0.15, 0.2) is 47.4 Å². The molecule has 2 aromatic heterocycles. The summed E-state index contributed by atoms with van der Waals surface area (Å²) < 4.78 is 40.9. The monoisotopic (exact) mass is 383 g/mol. The molecule has 0 saturated heterocycles. The molecule has 23 heavy (non-hydrogen) atoms. The zero-order valence-corrected chi connectivity index (χ0v) is 13.1. The van der Waals surface area contributed by atoms with E-state index in [-0.39, 0.29) is 21.5 Å². The van der Waals surface area contributed by atoms with E-state index in [4.69, 9.17) is 0 Å². The molecule has 0 bridgehead atoms. The van der Waals surface area contributed by atoms with Crippen LogP contribution in [-0.2, 0) is 6.18 Å². The summed E-state index contributed by atoms with van der Waals surface area (Å²) in [6.45, 7) is 3.29. The van der Waals surface area contributed by atoms with Crippen molar-refractivity contribution in [2.75, 3.05) is 0 Å². The van der Waals surface area contributed by atoms with E-state index in [2.05, 4.69) is 32.6 Å². The molecule has 0 fully saturated rings. The van der Waals surface area contributed by atoms with E-state index in [0.29, 0.717) is 10.1 Å². The van der Waals surface area contributed by atoms with Gasteiger partial charge in [-0.3, -0.25) is 0 Å². The molecular weight excluding hydrogens is 375 g/mol.